The first kappa shape index (κ1) is 18.7. The summed E-state index contributed by atoms with van der Waals surface area (Å²) in [6.45, 7) is 2.14. The topological polar surface area (TPSA) is 63.7 Å². The molecule has 0 N–H and O–H groups in total. The van der Waals surface area contributed by atoms with Gasteiger partial charge in [-0.1, -0.05) is 25.5 Å². The SMILES string of the molecule is CCCCSCc1cc(C(=O)OC)c(N2C(=O)c3ccccc3C2=O)s1. The number of rotatable bonds is 7. The molecule has 0 atom stereocenters. The van der Waals surface area contributed by atoms with Crippen molar-refractivity contribution in [3.63, 3.8) is 0 Å². The summed E-state index contributed by atoms with van der Waals surface area (Å²) in [5.41, 5.74) is 0.985. The average molecular weight is 389 g/mol. The van der Waals surface area contributed by atoms with Gasteiger partial charge >= 0.3 is 5.97 Å². The van der Waals surface area contributed by atoms with Crippen LogP contribution in [-0.4, -0.2) is 30.6 Å². The smallest absolute Gasteiger partial charge is 0.340 e. The molecule has 0 radical (unpaired) electrons. The van der Waals surface area contributed by atoms with Crippen molar-refractivity contribution in [1.82, 2.24) is 0 Å². The summed E-state index contributed by atoms with van der Waals surface area (Å²) < 4.78 is 4.85. The van der Waals surface area contributed by atoms with E-state index in [2.05, 4.69) is 6.92 Å². The van der Waals surface area contributed by atoms with Crippen LogP contribution in [-0.2, 0) is 10.5 Å². The first-order valence-corrected chi connectivity index (χ1v) is 10.3. The number of carbonyl (C=O) groups excluding carboxylic acids is 3. The third kappa shape index (κ3) is 3.41. The van der Waals surface area contributed by atoms with Crippen molar-refractivity contribution >= 4 is 45.9 Å². The van der Waals surface area contributed by atoms with Gasteiger partial charge in [-0.05, 0) is 30.4 Å². The molecule has 136 valence electrons. The molecule has 2 aromatic rings. The summed E-state index contributed by atoms with van der Waals surface area (Å²) >= 11 is 3.07. The Balaban J connectivity index is 1.94. The molecule has 0 fully saturated rings. The number of benzene rings is 1. The number of imide groups is 1. The Hall–Kier alpha value is -2.12. The van der Waals surface area contributed by atoms with E-state index in [4.69, 9.17) is 4.74 Å². The Kier molecular flexibility index (Phi) is 5.78. The van der Waals surface area contributed by atoms with Crippen LogP contribution >= 0.6 is 23.1 Å². The van der Waals surface area contributed by atoms with E-state index in [1.165, 1.54) is 18.4 Å². The zero-order valence-corrected chi connectivity index (χ0v) is 16.2. The molecule has 1 aromatic heterocycles. The number of anilines is 1. The van der Waals surface area contributed by atoms with Crippen molar-refractivity contribution in [2.24, 2.45) is 0 Å². The fourth-order valence-corrected chi connectivity index (χ4v) is 5.06. The zero-order valence-electron chi connectivity index (χ0n) is 14.6. The maximum atomic E-state index is 12.7. The van der Waals surface area contributed by atoms with E-state index < -0.39 is 17.8 Å². The maximum absolute atomic E-state index is 12.7. The number of carbonyl (C=O) groups is 3. The lowest BCUT2D eigenvalue weighted by molar-refractivity contribution is 0.0602. The van der Waals surface area contributed by atoms with Gasteiger partial charge in [0.15, 0.2) is 0 Å². The maximum Gasteiger partial charge on any atom is 0.340 e. The number of ether oxygens (including phenoxy) is 1. The summed E-state index contributed by atoms with van der Waals surface area (Å²) in [4.78, 5) is 39.7. The second kappa shape index (κ2) is 8.05. The summed E-state index contributed by atoms with van der Waals surface area (Å²) in [7, 11) is 1.29. The van der Waals surface area contributed by atoms with E-state index in [9.17, 15) is 14.4 Å². The standard InChI is InChI=1S/C19H19NO4S2/c1-3-4-9-25-11-12-10-15(19(23)24-2)18(26-12)20-16(21)13-7-5-6-8-14(13)17(20)22/h5-8,10H,3-4,9,11H2,1-2H3. The predicted molar refractivity (Wildman–Crippen MR) is 104 cm³/mol. The number of amides is 2. The number of esters is 1. The normalized spacial score (nSPS) is 13.2. The molecule has 5 nitrogen and oxygen atoms in total. The highest BCUT2D eigenvalue weighted by atomic mass is 32.2. The second-order valence-electron chi connectivity index (χ2n) is 5.82. The molecular weight excluding hydrogens is 370 g/mol. The molecule has 3 rings (SSSR count). The van der Waals surface area contributed by atoms with Crippen LogP contribution in [0.2, 0.25) is 0 Å². The van der Waals surface area contributed by atoms with Gasteiger partial charge in [0.25, 0.3) is 11.8 Å². The number of hydrogen-bond acceptors (Lipinski definition) is 6. The van der Waals surface area contributed by atoms with Crippen molar-refractivity contribution in [2.45, 2.75) is 25.5 Å². The number of hydrogen-bond donors (Lipinski definition) is 0. The molecule has 26 heavy (non-hydrogen) atoms. The van der Waals surface area contributed by atoms with E-state index in [0.29, 0.717) is 16.1 Å². The van der Waals surface area contributed by atoms with Gasteiger partial charge in [0, 0.05) is 10.6 Å². The summed E-state index contributed by atoms with van der Waals surface area (Å²) in [5, 5.41) is 0.342. The van der Waals surface area contributed by atoms with Crippen molar-refractivity contribution in [3.05, 3.63) is 51.9 Å². The molecule has 2 amide bonds. The van der Waals surface area contributed by atoms with E-state index in [-0.39, 0.29) is 5.56 Å². The van der Waals surface area contributed by atoms with Crippen LogP contribution < -0.4 is 4.90 Å². The van der Waals surface area contributed by atoms with Crippen molar-refractivity contribution in [3.8, 4) is 0 Å². The quantitative estimate of drug-likeness (QED) is 0.400. The van der Waals surface area contributed by atoms with E-state index in [1.54, 1.807) is 42.1 Å². The van der Waals surface area contributed by atoms with Crippen molar-refractivity contribution in [1.29, 1.82) is 0 Å². The Morgan fingerprint density at radius 1 is 1.19 bits per heavy atom. The van der Waals surface area contributed by atoms with Gasteiger partial charge in [-0.3, -0.25) is 9.59 Å². The molecule has 1 aliphatic rings. The third-order valence-electron chi connectivity index (χ3n) is 4.05. The molecule has 0 unspecified atom stereocenters. The third-order valence-corrected chi connectivity index (χ3v) is 6.45. The molecule has 0 aliphatic carbocycles. The van der Waals surface area contributed by atoms with Gasteiger partial charge in [-0.15, -0.1) is 11.3 Å². The number of thiophene rings is 1. The van der Waals surface area contributed by atoms with E-state index in [1.807, 2.05) is 0 Å². The van der Waals surface area contributed by atoms with Crippen molar-refractivity contribution < 1.29 is 19.1 Å². The summed E-state index contributed by atoms with van der Waals surface area (Å²) in [6.07, 6.45) is 2.26. The van der Waals surface area contributed by atoms with E-state index in [0.717, 1.165) is 34.1 Å². The summed E-state index contributed by atoms with van der Waals surface area (Å²) in [5.74, 6) is 0.422. The highest BCUT2D eigenvalue weighted by Gasteiger charge is 2.39. The van der Waals surface area contributed by atoms with Gasteiger partial charge in [0.1, 0.15) is 5.00 Å². The van der Waals surface area contributed by atoms with Crippen molar-refractivity contribution in [2.75, 3.05) is 17.8 Å². The molecule has 0 bridgehead atoms. The van der Waals surface area contributed by atoms with Crippen LogP contribution in [0.3, 0.4) is 0 Å². The second-order valence-corrected chi connectivity index (χ2v) is 8.04. The number of nitrogens with zero attached hydrogens (tertiary/aromatic N) is 1. The minimum Gasteiger partial charge on any atom is -0.465 e. The molecule has 0 saturated heterocycles. The first-order valence-electron chi connectivity index (χ1n) is 8.35. The van der Waals surface area contributed by atoms with Gasteiger partial charge in [0.05, 0.1) is 23.8 Å². The largest absolute Gasteiger partial charge is 0.465 e. The first-order chi connectivity index (χ1) is 12.6. The zero-order chi connectivity index (χ0) is 18.7. The number of fused-ring (bicyclic) bond motifs is 1. The number of thioether (sulfide) groups is 1. The Bertz CT molecular complexity index is 824. The fraction of sp³-hybridized carbons (Fsp3) is 0.316. The molecule has 1 aliphatic heterocycles. The Morgan fingerprint density at radius 3 is 2.42 bits per heavy atom. The molecule has 1 aromatic carbocycles. The van der Waals surface area contributed by atoms with Crippen LogP contribution in [0.4, 0.5) is 5.00 Å². The molecular formula is C19H19NO4S2. The molecule has 0 spiro atoms. The lowest BCUT2D eigenvalue weighted by Crippen LogP contribution is -2.30. The highest BCUT2D eigenvalue weighted by Crippen LogP contribution is 2.38. The minimum atomic E-state index is -0.544. The molecule has 7 heteroatoms. The monoisotopic (exact) mass is 389 g/mol. The fourth-order valence-electron chi connectivity index (χ4n) is 2.72. The Morgan fingerprint density at radius 2 is 1.85 bits per heavy atom. The van der Waals surface area contributed by atoms with Crippen LogP contribution in [0.15, 0.2) is 30.3 Å². The van der Waals surface area contributed by atoms with Gasteiger partial charge in [-0.25, -0.2) is 9.69 Å². The number of methoxy groups -OCH3 is 1. The number of unbranched alkanes of at least 4 members (excludes halogenated alkanes) is 1. The highest BCUT2D eigenvalue weighted by molar-refractivity contribution is 7.98. The lowest BCUT2D eigenvalue weighted by Gasteiger charge is -2.13. The minimum absolute atomic E-state index is 0.262. The lowest BCUT2D eigenvalue weighted by atomic mass is 10.1. The van der Waals surface area contributed by atoms with Gasteiger partial charge in [-0.2, -0.15) is 11.8 Å². The van der Waals surface area contributed by atoms with Gasteiger partial charge in [0.2, 0.25) is 0 Å². The average Bonchev–Trinajstić information content (AvgIpc) is 3.18. The van der Waals surface area contributed by atoms with Crippen LogP contribution in [0.5, 0.6) is 0 Å². The molecule has 2 heterocycles. The predicted octanol–water partition coefficient (Wildman–Crippen LogP) is 4.37. The van der Waals surface area contributed by atoms with E-state index >= 15 is 0 Å². The van der Waals surface area contributed by atoms with Crippen LogP contribution in [0, 0.1) is 0 Å². The molecule has 0 saturated carbocycles. The summed E-state index contributed by atoms with van der Waals surface area (Å²) in [6, 6.07) is 8.43. The van der Waals surface area contributed by atoms with Crippen LogP contribution in [0.1, 0.15) is 55.7 Å². The van der Waals surface area contributed by atoms with Crippen LogP contribution in [0.25, 0.3) is 0 Å². The Labute approximate surface area is 160 Å². The van der Waals surface area contributed by atoms with Gasteiger partial charge < -0.3 is 4.74 Å².